The second kappa shape index (κ2) is 5.77. The van der Waals surface area contributed by atoms with Crippen molar-refractivity contribution in [3.05, 3.63) is 36.7 Å². The van der Waals surface area contributed by atoms with Gasteiger partial charge in [-0.2, -0.15) is 0 Å². The average molecular weight is 273 g/mol. The van der Waals surface area contributed by atoms with Gasteiger partial charge in [0.2, 0.25) is 0 Å². The second-order valence-electron chi connectivity index (χ2n) is 4.80. The molecule has 2 aromatic rings. The number of aromatic nitrogens is 2. The normalized spacial score (nSPS) is 12.0. The molecule has 1 atom stereocenters. The van der Waals surface area contributed by atoms with E-state index in [1.807, 2.05) is 47.8 Å². The molecule has 20 heavy (non-hydrogen) atoms. The van der Waals surface area contributed by atoms with Crippen molar-refractivity contribution in [3.8, 4) is 11.4 Å². The van der Waals surface area contributed by atoms with Gasteiger partial charge in [-0.3, -0.25) is 0 Å². The first kappa shape index (κ1) is 14.1. The lowest BCUT2D eigenvalue weighted by Gasteiger charge is -2.15. The van der Waals surface area contributed by atoms with Gasteiger partial charge < -0.3 is 14.2 Å². The summed E-state index contributed by atoms with van der Waals surface area (Å²) in [5, 5.41) is 0. The Balaban J connectivity index is 2.34. The number of ether oxygens (including phenoxy) is 1. The molecule has 0 radical (unpaired) electrons. The van der Waals surface area contributed by atoms with Gasteiger partial charge in [-0.25, -0.2) is 9.78 Å². The van der Waals surface area contributed by atoms with Crippen LogP contribution in [-0.4, -0.2) is 36.7 Å². The Morgan fingerprint density at radius 1 is 1.30 bits per heavy atom. The van der Waals surface area contributed by atoms with Gasteiger partial charge in [0.05, 0.1) is 7.11 Å². The van der Waals surface area contributed by atoms with Crippen LogP contribution in [0.25, 0.3) is 11.4 Å². The molecule has 0 fully saturated rings. The summed E-state index contributed by atoms with van der Waals surface area (Å²) in [4.78, 5) is 18.0. The Labute approximate surface area is 118 Å². The third-order valence-electron chi connectivity index (χ3n) is 3.27. The molecular weight excluding hydrogens is 254 g/mol. The van der Waals surface area contributed by atoms with Gasteiger partial charge in [0.1, 0.15) is 11.9 Å². The minimum Gasteiger partial charge on any atom is -0.467 e. The number of anilines is 1. The largest absolute Gasteiger partial charge is 0.467 e. The average Bonchev–Trinajstić information content (AvgIpc) is 2.95. The van der Waals surface area contributed by atoms with Crippen molar-refractivity contribution in [2.75, 3.05) is 26.1 Å². The van der Waals surface area contributed by atoms with Crippen molar-refractivity contribution in [2.45, 2.75) is 13.0 Å². The van der Waals surface area contributed by atoms with Gasteiger partial charge in [-0.15, -0.1) is 0 Å². The van der Waals surface area contributed by atoms with Crippen molar-refractivity contribution in [1.29, 1.82) is 0 Å². The zero-order valence-electron chi connectivity index (χ0n) is 12.2. The van der Waals surface area contributed by atoms with Crippen molar-refractivity contribution in [3.63, 3.8) is 0 Å². The molecule has 0 aliphatic heterocycles. The van der Waals surface area contributed by atoms with Crippen LogP contribution >= 0.6 is 0 Å². The van der Waals surface area contributed by atoms with E-state index in [9.17, 15) is 4.79 Å². The number of carbonyl (C=O) groups excluding carboxylic acids is 1. The summed E-state index contributed by atoms with van der Waals surface area (Å²) in [6.45, 7) is 1.80. The van der Waals surface area contributed by atoms with Gasteiger partial charge in [0, 0.05) is 37.7 Å². The first-order valence-electron chi connectivity index (χ1n) is 6.43. The molecule has 0 N–H and O–H groups in total. The minimum atomic E-state index is -0.397. The lowest BCUT2D eigenvalue weighted by Crippen LogP contribution is -2.18. The smallest absolute Gasteiger partial charge is 0.328 e. The molecule has 5 nitrogen and oxygen atoms in total. The van der Waals surface area contributed by atoms with Crippen LogP contribution in [0.4, 0.5) is 5.69 Å². The monoisotopic (exact) mass is 273 g/mol. The standard InChI is InChI=1S/C15H19N3O2/c1-11(15(19)20-4)18-10-9-16-14(18)12-5-7-13(8-6-12)17(2)3/h5-11H,1-4H3. The second-order valence-corrected chi connectivity index (χ2v) is 4.80. The van der Waals surface area contributed by atoms with Crippen LogP contribution in [-0.2, 0) is 9.53 Å². The number of imidazole rings is 1. The number of carbonyl (C=O) groups is 1. The maximum Gasteiger partial charge on any atom is 0.328 e. The number of hydrogen-bond acceptors (Lipinski definition) is 4. The van der Waals surface area contributed by atoms with E-state index in [-0.39, 0.29) is 5.97 Å². The third-order valence-corrected chi connectivity index (χ3v) is 3.27. The lowest BCUT2D eigenvalue weighted by atomic mass is 10.1. The molecule has 1 unspecified atom stereocenters. The number of benzene rings is 1. The number of nitrogens with zero attached hydrogens (tertiary/aromatic N) is 3. The summed E-state index contributed by atoms with van der Waals surface area (Å²) < 4.78 is 6.60. The Bertz CT molecular complexity index is 587. The fourth-order valence-corrected chi connectivity index (χ4v) is 2.04. The van der Waals surface area contributed by atoms with E-state index in [1.165, 1.54) is 7.11 Å². The summed E-state index contributed by atoms with van der Waals surface area (Å²) >= 11 is 0. The Hall–Kier alpha value is -2.30. The summed E-state index contributed by atoms with van der Waals surface area (Å²) in [6.07, 6.45) is 3.48. The molecule has 0 saturated carbocycles. The first-order chi connectivity index (χ1) is 9.54. The predicted octanol–water partition coefficient (Wildman–Crippen LogP) is 2.35. The number of rotatable bonds is 4. The maximum absolute atomic E-state index is 11.7. The van der Waals surface area contributed by atoms with E-state index in [0.29, 0.717) is 0 Å². The fourth-order valence-electron chi connectivity index (χ4n) is 2.04. The molecular formula is C15H19N3O2. The van der Waals surface area contributed by atoms with E-state index >= 15 is 0 Å². The van der Waals surface area contributed by atoms with Gasteiger partial charge in [-0.1, -0.05) is 0 Å². The van der Waals surface area contributed by atoms with E-state index < -0.39 is 6.04 Å². The van der Waals surface area contributed by atoms with Gasteiger partial charge in [0.25, 0.3) is 0 Å². The third kappa shape index (κ3) is 2.66. The predicted molar refractivity (Wildman–Crippen MR) is 78.7 cm³/mol. The zero-order valence-corrected chi connectivity index (χ0v) is 12.2. The summed E-state index contributed by atoms with van der Waals surface area (Å²) in [6, 6.07) is 7.65. The van der Waals surface area contributed by atoms with Crippen LogP contribution in [0.1, 0.15) is 13.0 Å². The molecule has 1 aromatic heterocycles. The minimum absolute atomic E-state index is 0.283. The van der Waals surface area contributed by atoms with Crippen molar-refractivity contribution in [1.82, 2.24) is 9.55 Å². The van der Waals surface area contributed by atoms with Crippen molar-refractivity contribution >= 4 is 11.7 Å². The highest BCUT2D eigenvalue weighted by Gasteiger charge is 2.18. The molecule has 2 rings (SSSR count). The molecule has 0 aliphatic rings. The Morgan fingerprint density at radius 3 is 2.50 bits per heavy atom. The molecule has 0 aliphatic carbocycles. The molecule has 5 heteroatoms. The van der Waals surface area contributed by atoms with Crippen LogP contribution in [0.3, 0.4) is 0 Å². The highest BCUT2D eigenvalue weighted by atomic mass is 16.5. The topological polar surface area (TPSA) is 47.4 Å². The van der Waals surface area contributed by atoms with Crippen LogP contribution in [0.5, 0.6) is 0 Å². The summed E-state index contributed by atoms with van der Waals surface area (Å²) in [5.74, 6) is 0.474. The molecule has 106 valence electrons. The molecule has 0 spiro atoms. The fraction of sp³-hybridized carbons (Fsp3) is 0.333. The van der Waals surface area contributed by atoms with E-state index in [0.717, 1.165) is 17.1 Å². The number of hydrogen-bond donors (Lipinski definition) is 0. The SMILES string of the molecule is COC(=O)C(C)n1ccnc1-c1ccc(N(C)C)cc1. The van der Waals surface area contributed by atoms with E-state index in [1.54, 1.807) is 19.3 Å². The zero-order chi connectivity index (χ0) is 14.7. The quantitative estimate of drug-likeness (QED) is 0.802. The first-order valence-corrected chi connectivity index (χ1v) is 6.43. The molecule has 0 saturated heterocycles. The Morgan fingerprint density at radius 2 is 1.95 bits per heavy atom. The van der Waals surface area contributed by atoms with Crippen LogP contribution in [0, 0.1) is 0 Å². The van der Waals surface area contributed by atoms with Crippen LogP contribution in [0.15, 0.2) is 36.7 Å². The maximum atomic E-state index is 11.7. The van der Waals surface area contributed by atoms with Crippen LogP contribution < -0.4 is 4.90 Å². The van der Waals surface area contributed by atoms with Crippen molar-refractivity contribution < 1.29 is 9.53 Å². The molecule has 1 aromatic carbocycles. The highest BCUT2D eigenvalue weighted by Crippen LogP contribution is 2.24. The van der Waals surface area contributed by atoms with Gasteiger partial charge in [-0.05, 0) is 31.2 Å². The summed E-state index contributed by atoms with van der Waals surface area (Å²) in [5.41, 5.74) is 2.09. The number of esters is 1. The Kier molecular flexibility index (Phi) is 4.08. The highest BCUT2D eigenvalue weighted by molar-refractivity contribution is 5.75. The molecule has 0 amide bonds. The van der Waals surface area contributed by atoms with Crippen LogP contribution in [0.2, 0.25) is 0 Å². The van der Waals surface area contributed by atoms with Gasteiger partial charge >= 0.3 is 5.97 Å². The van der Waals surface area contributed by atoms with E-state index in [2.05, 4.69) is 4.98 Å². The lowest BCUT2D eigenvalue weighted by molar-refractivity contribution is -0.143. The van der Waals surface area contributed by atoms with E-state index in [4.69, 9.17) is 4.74 Å². The van der Waals surface area contributed by atoms with Gasteiger partial charge in [0.15, 0.2) is 0 Å². The summed E-state index contributed by atoms with van der Waals surface area (Å²) in [7, 11) is 5.38. The number of methoxy groups -OCH3 is 1. The molecule has 1 heterocycles. The molecule has 0 bridgehead atoms. The van der Waals surface area contributed by atoms with Crippen molar-refractivity contribution in [2.24, 2.45) is 0 Å².